The van der Waals surface area contributed by atoms with Crippen LogP contribution in [0.25, 0.3) is 0 Å². The monoisotopic (exact) mass is 308 g/mol. The second-order valence-corrected chi connectivity index (χ2v) is 6.51. The van der Waals surface area contributed by atoms with Gasteiger partial charge in [0.2, 0.25) is 10.0 Å². The molecule has 0 bridgehead atoms. The Kier molecular flexibility index (Phi) is 4.36. The van der Waals surface area contributed by atoms with Crippen molar-refractivity contribution in [2.75, 3.05) is 6.54 Å². The smallest absolute Gasteiger partial charge is 0.310 e. The van der Waals surface area contributed by atoms with E-state index in [-0.39, 0.29) is 4.90 Å². The lowest BCUT2D eigenvalue weighted by Crippen LogP contribution is -2.33. The minimum Gasteiger partial charge on any atom is -0.310 e. The van der Waals surface area contributed by atoms with Crippen molar-refractivity contribution in [1.82, 2.24) is 10.0 Å². The molecule has 0 aromatic heterocycles. The first-order valence-electron chi connectivity index (χ1n) is 6.15. The molecule has 0 radical (unpaired) electrons. The first-order valence-corrected chi connectivity index (χ1v) is 7.63. The molecule has 8 heteroatoms. The highest BCUT2D eigenvalue weighted by molar-refractivity contribution is 7.89. The fraction of sp³-hybridized carbons (Fsp3) is 0.500. The minimum absolute atomic E-state index is 0.170. The molecule has 1 aromatic rings. The zero-order valence-corrected chi connectivity index (χ0v) is 11.4. The number of sulfonamides is 1. The zero-order valence-electron chi connectivity index (χ0n) is 10.6. The normalized spacial score (nSPS) is 16.4. The Hall–Kier alpha value is -1.12. The molecule has 112 valence electrons. The van der Waals surface area contributed by atoms with Gasteiger partial charge in [-0.1, -0.05) is 12.1 Å². The van der Waals surface area contributed by atoms with Crippen LogP contribution in [-0.2, 0) is 16.6 Å². The molecule has 0 aliphatic heterocycles. The lowest BCUT2D eigenvalue weighted by molar-refractivity contribution is -0.121. The van der Waals surface area contributed by atoms with Crippen LogP contribution in [0.1, 0.15) is 18.4 Å². The van der Waals surface area contributed by atoms with Crippen molar-refractivity contribution in [3.63, 3.8) is 0 Å². The molecule has 20 heavy (non-hydrogen) atoms. The zero-order chi connectivity index (χ0) is 14.8. The summed E-state index contributed by atoms with van der Waals surface area (Å²) in [5.41, 5.74) is 0.895. The van der Waals surface area contributed by atoms with Gasteiger partial charge < -0.3 is 5.32 Å². The molecule has 4 nitrogen and oxygen atoms in total. The number of hydrogen-bond donors (Lipinski definition) is 2. The largest absolute Gasteiger partial charge is 0.402 e. The predicted octanol–water partition coefficient (Wildman–Crippen LogP) is 1.78. The number of halogens is 3. The van der Waals surface area contributed by atoms with Gasteiger partial charge in [0.15, 0.2) is 0 Å². The second-order valence-electron chi connectivity index (χ2n) is 4.74. The molecule has 0 heterocycles. The van der Waals surface area contributed by atoms with Crippen LogP contribution in [0.5, 0.6) is 0 Å². The molecule has 2 N–H and O–H groups in total. The molecular weight excluding hydrogens is 293 g/mol. The van der Waals surface area contributed by atoms with E-state index in [1.807, 2.05) is 0 Å². The summed E-state index contributed by atoms with van der Waals surface area (Å²) < 4.78 is 60.8. The van der Waals surface area contributed by atoms with Crippen LogP contribution >= 0.6 is 0 Å². The van der Waals surface area contributed by atoms with Gasteiger partial charge in [-0.05, 0) is 30.5 Å². The maximum absolute atomic E-state index is 12.0. The summed E-state index contributed by atoms with van der Waals surface area (Å²) in [5, 5.41) is 3.26. The summed E-state index contributed by atoms with van der Waals surface area (Å²) in [7, 11) is -4.12. The van der Waals surface area contributed by atoms with E-state index < -0.39 is 22.7 Å². The maximum Gasteiger partial charge on any atom is 0.402 e. The predicted molar refractivity (Wildman–Crippen MR) is 67.5 cm³/mol. The Balaban J connectivity index is 1.96. The van der Waals surface area contributed by atoms with Crippen LogP contribution in [0.4, 0.5) is 13.2 Å². The number of hydrogen-bond acceptors (Lipinski definition) is 3. The number of benzene rings is 1. The minimum atomic E-state index is -4.57. The number of alkyl halides is 3. The van der Waals surface area contributed by atoms with Gasteiger partial charge in [-0.15, -0.1) is 0 Å². The van der Waals surface area contributed by atoms with Crippen LogP contribution in [-0.4, -0.2) is 27.2 Å². The summed E-state index contributed by atoms with van der Waals surface area (Å²) >= 11 is 0. The van der Waals surface area contributed by atoms with Crippen molar-refractivity contribution in [3.05, 3.63) is 29.8 Å². The Bertz CT molecular complexity index is 551. The average molecular weight is 308 g/mol. The van der Waals surface area contributed by atoms with E-state index in [0.29, 0.717) is 12.6 Å². The van der Waals surface area contributed by atoms with Crippen LogP contribution in [0, 0.1) is 0 Å². The lowest BCUT2D eigenvalue weighted by Gasteiger charge is -2.10. The molecule has 0 unspecified atom stereocenters. The molecule has 1 fully saturated rings. The lowest BCUT2D eigenvalue weighted by atomic mass is 10.2. The number of nitrogens with one attached hydrogen (secondary N) is 2. The summed E-state index contributed by atoms with van der Waals surface area (Å²) in [4.78, 5) is -0.170. The Morgan fingerprint density at radius 1 is 1.15 bits per heavy atom. The molecule has 0 atom stereocenters. The average Bonchev–Trinajstić information content (AvgIpc) is 3.18. The van der Waals surface area contributed by atoms with Crippen LogP contribution < -0.4 is 10.0 Å². The quantitative estimate of drug-likeness (QED) is 0.842. The molecule has 0 amide bonds. The highest BCUT2D eigenvalue weighted by atomic mass is 32.2. The van der Waals surface area contributed by atoms with E-state index in [4.69, 9.17) is 0 Å². The molecule has 1 aliphatic carbocycles. The van der Waals surface area contributed by atoms with E-state index in [9.17, 15) is 21.6 Å². The summed E-state index contributed by atoms with van der Waals surface area (Å²) in [5.74, 6) is 0. The third-order valence-corrected chi connectivity index (χ3v) is 4.29. The fourth-order valence-corrected chi connectivity index (χ4v) is 2.61. The van der Waals surface area contributed by atoms with Crippen molar-refractivity contribution in [2.45, 2.75) is 36.5 Å². The molecule has 2 rings (SSSR count). The fourth-order valence-electron chi connectivity index (χ4n) is 1.60. The molecule has 0 saturated heterocycles. The topological polar surface area (TPSA) is 58.2 Å². The Morgan fingerprint density at radius 3 is 2.25 bits per heavy atom. The van der Waals surface area contributed by atoms with E-state index in [0.717, 1.165) is 18.4 Å². The molecule has 1 saturated carbocycles. The summed E-state index contributed by atoms with van der Waals surface area (Å²) in [6, 6.07) is 6.34. The van der Waals surface area contributed by atoms with Crippen LogP contribution in [0.3, 0.4) is 0 Å². The van der Waals surface area contributed by atoms with Crippen molar-refractivity contribution in [1.29, 1.82) is 0 Å². The SMILES string of the molecule is O=S(=O)(NCC(F)(F)F)c1ccc(CNC2CC2)cc1. The highest BCUT2D eigenvalue weighted by Gasteiger charge is 2.30. The maximum atomic E-state index is 12.0. The summed E-state index contributed by atoms with van der Waals surface area (Å²) in [6.07, 6.45) is -2.27. The molecule has 1 aliphatic rings. The Morgan fingerprint density at radius 2 is 1.75 bits per heavy atom. The molecular formula is C12H15F3N2O2S. The van der Waals surface area contributed by atoms with Gasteiger partial charge in [0.1, 0.15) is 6.54 Å². The third-order valence-electron chi connectivity index (χ3n) is 2.87. The Labute approximate surface area is 115 Å². The van der Waals surface area contributed by atoms with E-state index in [2.05, 4.69) is 5.32 Å². The van der Waals surface area contributed by atoms with Gasteiger partial charge in [0.25, 0.3) is 0 Å². The van der Waals surface area contributed by atoms with Gasteiger partial charge in [-0.2, -0.15) is 13.2 Å². The summed E-state index contributed by atoms with van der Waals surface area (Å²) in [6.45, 7) is -0.943. The molecule has 0 spiro atoms. The second kappa shape index (κ2) is 5.71. The van der Waals surface area contributed by atoms with Crippen LogP contribution in [0.2, 0.25) is 0 Å². The van der Waals surface area contributed by atoms with Gasteiger partial charge >= 0.3 is 6.18 Å². The third kappa shape index (κ3) is 4.77. The standard InChI is InChI=1S/C12H15F3N2O2S/c13-12(14,15)8-17-20(18,19)11-5-1-9(2-6-11)7-16-10-3-4-10/h1-2,5-6,10,16-17H,3-4,7-8H2. The van der Waals surface area contributed by atoms with Gasteiger partial charge in [0.05, 0.1) is 4.90 Å². The van der Waals surface area contributed by atoms with E-state index >= 15 is 0 Å². The first-order chi connectivity index (χ1) is 9.26. The van der Waals surface area contributed by atoms with E-state index in [1.54, 1.807) is 12.1 Å². The van der Waals surface area contributed by atoms with E-state index in [1.165, 1.54) is 16.9 Å². The highest BCUT2D eigenvalue weighted by Crippen LogP contribution is 2.20. The van der Waals surface area contributed by atoms with Gasteiger partial charge in [-0.3, -0.25) is 0 Å². The van der Waals surface area contributed by atoms with Crippen molar-refractivity contribution >= 4 is 10.0 Å². The van der Waals surface area contributed by atoms with Crippen molar-refractivity contribution in [2.24, 2.45) is 0 Å². The first kappa shape index (κ1) is 15.3. The molecule has 1 aromatic carbocycles. The number of rotatable bonds is 6. The van der Waals surface area contributed by atoms with Gasteiger partial charge in [0, 0.05) is 12.6 Å². The van der Waals surface area contributed by atoms with Crippen molar-refractivity contribution < 1.29 is 21.6 Å². The van der Waals surface area contributed by atoms with Crippen LogP contribution in [0.15, 0.2) is 29.2 Å². The van der Waals surface area contributed by atoms with Crippen molar-refractivity contribution in [3.8, 4) is 0 Å². The van der Waals surface area contributed by atoms with Gasteiger partial charge in [-0.25, -0.2) is 13.1 Å².